The minimum absolute atomic E-state index is 0.0898. The number of benzene rings is 1. The van der Waals surface area contributed by atoms with Gasteiger partial charge in [-0.25, -0.2) is 4.79 Å². The summed E-state index contributed by atoms with van der Waals surface area (Å²) in [6, 6.07) is 9.14. The molecule has 0 N–H and O–H groups in total. The average Bonchev–Trinajstić information content (AvgIpc) is 2.63. The quantitative estimate of drug-likeness (QED) is 0.224. The van der Waals surface area contributed by atoms with Crippen LogP contribution in [-0.2, 0) is 20.4 Å². The Balaban J connectivity index is 3.10. The van der Waals surface area contributed by atoms with Crippen molar-refractivity contribution in [2.24, 2.45) is 0 Å². The molecule has 1 aromatic rings. The highest BCUT2D eigenvalue weighted by atomic mass is 28.4. The zero-order chi connectivity index (χ0) is 19.6. The molecule has 0 amide bonds. The maximum Gasteiger partial charge on any atom is 0.387 e. The molecule has 0 radical (unpaired) electrons. The number of carbonyl (C=O) groups excluding carboxylic acids is 1. The molecule has 0 aliphatic carbocycles. The number of hydrogen-bond acceptors (Lipinski definition) is 4. The summed E-state index contributed by atoms with van der Waals surface area (Å²) in [4.78, 5) is 12.3. The summed E-state index contributed by atoms with van der Waals surface area (Å²) in [7, 11) is -2.07. The van der Waals surface area contributed by atoms with Gasteiger partial charge in [-0.1, -0.05) is 39.0 Å². The van der Waals surface area contributed by atoms with Crippen LogP contribution < -0.4 is 4.74 Å². The molecule has 0 aromatic heterocycles. The first-order valence-corrected chi connectivity index (χ1v) is 11.5. The number of hydrogen-bond donors (Lipinski definition) is 0. The molecule has 0 unspecified atom stereocenters. The normalized spacial score (nSPS) is 12.2. The van der Waals surface area contributed by atoms with E-state index in [1.807, 2.05) is 0 Å². The molecule has 4 nitrogen and oxygen atoms in total. The van der Waals surface area contributed by atoms with Crippen LogP contribution in [0.1, 0.15) is 33.3 Å². The number of halogens is 2. The zero-order valence-corrected chi connectivity index (χ0v) is 16.9. The Labute approximate surface area is 155 Å². The van der Waals surface area contributed by atoms with Gasteiger partial charge in [-0.2, -0.15) is 8.78 Å². The molecule has 0 aliphatic rings. The molecule has 1 rings (SSSR count). The van der Waals surface area contributed by atoms with Crippen LogP contribution in [0.5, 0.6) is 5.75 Å². The van der Waals surface area contributed by atoms with Crippen molar-refractivity contribution in [3.63, 3.8) is 0 Å². The van der Waals surface area contributed by atoms with Crippen molar-refractivity contribution in [1.29, 1.82) is 0 Å². The maximum atomic E-state index is 12.6. The summed E-state index contributed by atoms with van der Waals surface area (Å²) >= 11 is 0. The second kappa shape index (κ2) is 11.0. The number of esters is 1. The van der Waals surface area contributed by atoms with Crippen LogP contribution >= 0.6 is 0 Å². The summed E-state index contributed by atoms with van der Waals surface area (Å²) in [5.41, 5.74) is 0.551. The van der Waals surface area contributed by atoms with Crippen LogP contribution in [0.4, 0.5) is 8.78 Å². The van der Waals surface area contributed by atoms with Crippen molar-refractivity contribution in [3.05, 3.63) is 41.7 Å². The topological polar surface area (TPSA) is 44.8 Å². The van der Waals surface area contributed by atoms with Gasteiger partial charge in [-0.3, -0.25) is 0 Å². The standard InChI is InChI=1S/C19H28F2O4Si/c1-5-23-18(22)17(25-26(6-2,7-3)8-4)14-13-15-11-9-10-12-16(15)24-19(20)21/h9-12,14,19H,5-8,13H2,1-4H3. The number of carbonyl (C=O) groups is 1. The number of para-hydroxylation sites is 1. The SMILES string of the molecule is CCOC(=O)C(=CCc1ccccc1OC(F)F)O[Si](CC)(CC)CC. The lowest BCUT2D eigenvalue weighted by Gasteiger charge is -2.29. The van der Waals surface area contributed by atoms with E-state index in [1.54, 1.807) is 31.2 Å². The Morgan fingerprint density at radius 3 is 2.27 bits per heavy atom. The van der Waals surface area contributed by atoms with E-state index in [4.69, 9.17) is 9.16 Å². The van der Waals surface area contributed by atoms with Gasteiger partial charge in [-0.15, -0.1) is 0 Å². The molecule has 0 bridgehead atoms. The molecule has 7 heteroatoms. The van der Waals surface area contributed by atoms with E-state index < -0.39 is 20.9 Å². The molecule has 0 atom stereocenters. The van der Waals surface area contributed by atoms with Crippen molar-refractivity contribution >= 4 is 14.3 Å². The molecule has 0 heterocycles. The summed E-state index contributed by atoms with van der Waals surface area (Å²) in [5, 5.41) is 0. The van der Waals surface area contributed by atoms with Crippen molar-refractivity contribution in [3.8, 4) is 5.75 Å². The van der Waals surface area contributed by atoms with Crippen LogP contribution in [0.25, 0.3) is 0 Å². The van der Waals surface area contributed by atoms with Crippen molar-refractivity contribution in [1.82, 2.24) is 0 Å². The fourth-order valence-corrected chi connectivity index (χ4v) is 5.22. The summed E-state index contributed by atoms with van der Waals surface area (Å²) in [6.07, 6.45) is 1.84. The van der Waals surface area contributed by atoms with Crippen LogP contribution in [0, 0.1) is 0 Å². The fraction of sp³-hybridized carbons (Fsp3) is 0.526. The zero-order valence-electron chi connectivity index (χ0n) is 15.9. The molecule has 0 spiro atoms. The average molecular weight is 387 g/mol. The highest BCUT2D eigenvalue weighted by Gasteiger charge is 2.33. The predicted molar refractivity (Wildman–Crippen MR) is 99.8 cm³/mol. The largest absolute Gasteiger partial charge is 0.539 e. The van der Waals surface area contributed by atoms with Gasteiger partial charge in [0.25, 0.3) is 8.32 Å². The summed E-state index contributed by atoms with van der Waals surface area (Å²) in [6.45, 7) is 5.26. The van der Waals surface area contributed by atoms with Crippen LogP contribution in [0.2, 0.25) is 18.1 Å². The van der Waals surface area contributed by atoms with Gasteiger partial charge < -0.3 is 13.9 Å². The third-order valence-electron chi connectivity index (χ3n) is 4.43. The molecule has 146 valence electrons. The van der Waals surface area contributed by atoms with E-state index in [9.17, 15) is 13.6 Å². The Morgan fingerprint density at radius 1 is 1.12 bits per heavy atom. The van der Waals surface area contributed by atoms with E-state index in [-0.39, 0.29) is 24.5 Å². The van der Waals surface area contributed by atoms with Gasteiger partial charge in [0.05, 0.1) is 6.61 Å². The first-order chi connectivity index (χ1) is 12.4. The first kappa shape index (κ1) is 22.1. The monoisotopic (exact) mass is 386 g/mol. The van der Waals surface area contributed by atoms with Crippen molar-refractivity contribution in [2.75, 3.05) is 6.61 Å². The highest BCUT2D eigenvalue weighted by Crippen LogP contribution is 2.27. The Bertz CT molecular complexity index is 593. The van der Waals surface area contributed by atoms with Crippen LogP contribution in [0.15, 0.2) is 36.1 Å². The lowest BCUT2D eigenvalue weighted by molar-refractivity contribution is -0.141. The van der Waals surface area contributed by atoms with Gasteiger partial charge in [0, 0.05) is 0 Å². The van der Waals surface area contributed by atoms with E-state index in [1.165, 1.54) is 6.07 Å². The molecule has 0 aliphatic heterocycles. The van der Waals surface area contributed by atoms with Crippen LogP contribution in [0.3, 0.4) is 0 Å². The molecule has 0 saturated carbocycles. The lowest BCUT2D eigenvalue weighted by atomic mass is 10.1. The molecule has 0 saturated heterocycles. The van der Waals surface area contributed by atoms with Gasteiger partial charge in [0.15, 0.2) is 5.76 Å². The second-order valence-electron chi connectivity index (χ2n) is 5.82. The van der Waals surface area contributed by atoms with E-state index in [0.29, 0.717) is 5.56 Å². The predicted octanol–water partition coefficient (Wildman–Crippen LogP) is 5.30. The lowest BCUT2D eigenvalue weighted by Crippen LogP contribution is -2.37. The third-order valence-corrected chi connectivity index (χ3v) is 8.95. The van der Waals surface area contributed by atoms with Gasteiger partial charge in [-0.05, 0) is 49.2 Å². The van der Waals surface area contributed by atoms with Gasteiger partial charge in [0.2, 0.25) is 0 Å². The van der Waals surface area contributed by atoms with Crippen LogP contribution in [-0.4, -0.2) is 27.5 Å². The Morgan fingerprint density at radius 2 is 1.73 bits per heavy atom. The fourth-order valence-electron chi connectivity index (χ4n) is 2.65. The number of alkyl halides is 2. The number of allylic oxidation sites excluding steroid dienone is 1. The molecular weight excluding hydrogens is 358 g/mol. The van der Waals surface area contributed by atoms with Crippen molar-refractivity contribution < 1.29 is 27.5 Å². The summed E-state index contributed by atoms with van der Waals surface area (Å²) < 4.78 is 40.9. The minimum atomic E-state index is -2.90. The Hall–Kier alpha value is -1.89. The number of rotatable bonds is 11. The van der Waals surface area contributed by atoms with Crippen molar-refractivity contribution in [2.45, 2.75) is 58.9 Å². The third kappa shape index (κ3) is 6.44. The maximum absolute atomic E-state index is 12.6. The van der Waals surface area contributed by atoms with E-state index >= 15 is 0 Å². The van der Waals surface area contributed by atoms with Gasteiger partial charge in [0.1, 0.15) is 5.75 Å². The first-order valence-electron chi connectivity index (χ1n) is 9.00. The van der Waals surface area contributed by atoms with E-state index in [0.717, 1.165) is 18.1 Å². The smallest absolute Gasteiger partial charge is 0.387 e. The summed E-state index contributed by atoms with van der Waals surface area (Å²) in [5.74, 6) is -0.269. The molecule has 0 fully saturated rings. The highest BCUT2D eigenvalue weighted by molar-refractivity contribution is 6.74. The molecule has 26 heavy (non-hydrogen) atoms. The minimum Gasteiger partial charge on any atom is -0.539 e. The van der Waals surface area contributed by atoms with E-state index in [2.05, 4.69) is 25.5 Å². The van der Waals surface area contributed by atoms with Gasteiger partial charge >= 0.3 is 12.6 Å². The number of ether oxygens (including phenoxy) is 2. The Kier molecular flexibility index (Phi) is 9.33. The molecular formula is C19H28F2O4Si. The molecule has 1 aromatic carbocycles. The second-order valence-corrected chi connectivity index (χ2v) is 10.5.